The van der Waals surface area contributed by atoms with Crippen molar-refractivity contribution in [1.29, 1.82) is 0 Å². The van der Waals surface area contributed by atoms with Crippen LogP contribution in [0, 0.1) is 0 Å². The van der Waals surface area contributed by atoms with E-state index in [1.54, 1.807) is 0 Å². The third-order valence-corrected chi connectivity index (χ3v) is 6.51. The fraction of sp³-hybridized carbons (Fsp3) is 0.929. The van der Waals surface area contributed by atoms with Gasteiger partial charge in [0.1, 0.15) is 0 Å². The van der Waals surface area contributed by atoms with Crippen LogP contribution in [0.5, 0.6) is 0 Å². The number of aliphatic carboxylic acids is 2. The van der Waals surface area contributed by atoms with Crippen molar-refractivity contribution in [1.82, 2.24) is 0 Å². The molecule has 0 aliphatic heterocycles. The molecule has 190 valence electrons. The van der Waals surface area contributed by atoms with Crippen LogP contribution in [0.1, 0.15) is 167 Å². The number of carboxylic acid groups (broad SMARTS) is 2. The van der Waals surface area contributed by atoms with Crippen LogP contribution < -0.4 is 10.2 Å². The summed E-state index contributed by atoms with van der Waals surface area (Å²) in [5.41, 5.74) is 0. The summed E-state index contributed by atoms with van der Waals surface area (Å²) in [6, 6.07) is 0. The standard InChI is InChI=1S/C28H54O4.Ca/c29-27(30)25-23-21-19-17-15-13-11-9-7-5-3-1-2-4-6-8-10-12-14-16-18-20-22-24-26-28(31)32;/h1-26H2,(H,29,30)(H,31,32);/q;+2/p-2. The molecule has 0 aromatic heterocycles. The molecule has 0 unspecified atom stereocenters. The predicted molar refractivity (Wildman–Crippen MR) is 136 cm³/mol. The monoisotopic (exact) mass is 492 g/mol. The molecule has 0 atom stereocenters. The third kappa shape index (κ3) is 34.4. The molecule has 0 saturated heterocycles. The fourth-order valence-electron chi connectivity index (χ4n) is 4.43. The molecule has 0 aliphatic carbocycles. The average molecular weight is 493 g/mol. The molecule has 0 N–H and O–H groups in total. The van der Waals surface area contributed by atoms with Crippen LogP contribution >= 0.6 is 0 Å². The Kier molecular flexibility index (Phi) is 32.4. The first kappa shape index (κ1) is 35.4. The Balaban J connectivity index is 0. The number of carboxylic acids is 2. The van der Waals surface area contributed by atoms with Crippen LogP contribution in [0.4, 0.5) is 0 Å². The van der Waals surface area contributed by atoms with Gasteiger partial charge >= 0.3 is 37.7 Å². The second kappa shape index (κ2) is 30.2. The van der Waals surface area contributed by atoms with Crippen molar-refractivity contribution in [3.63, 3.8) is 0 Å². The smallest absolute Gasteiger partial charge is 0.550 e. The van der Waals surface area contributed by atoms with Gasteiger partial charge in [0.15, 0.2) is 0 Å². The van der Waals surface area contributed by atoms with Crippen LogP contribution in [-0.2, 0) is 9.59 Å². The molecule has 0 amide bonds. The molecular formula is C28H52CaO4. The zero-order valence-electron chi connectivity index (χ0n) is 21.7. The maximum atomic E-state index is 10.3. The van der Waals surface area contributed by atoms with Gasteiger partial charge in [-0.1, -0.05) is 141 Å². The van der Waals surface area contributed by atoms with Crippen molar-refractivity contribution in [3.05, 3.63) is 0 Å². The van der Waals surface area contributed by atoms with Crippen LogP contribution in [0.2, 0.25) is 0 Å². The number of unbranched alkanes of at least 4 members (excludes halogenated alkanes) is 23. The van der Waals surface area contributed by atoms with E-state index < -0.39 is 11.9 Å². The molecule has 0 aromatic carbocycles. The maximum absolute atomic E-state index is 10.3. The number of carbonyl (C=O) groups is 2. The van der Waals surface area contributed by atoms with Gasteiger partial charge in [-0.25, -0.2) is 0 Å². The summed E-state index contributed by atoms with van der Waals surface area (Å²) in [5.74, 6) is -1.82. The predicted octanol–water partition coefficient (Wildman–Crippen LogP) is 6.25. The summed E-state index contributed by atoms with van der Waals surface area (Å²) >= 11 is 0. The first-order valence-electron chi connectivity index (χ1n) is 14.0. The molecule has 33 heavy (non-hydrogen) atoms. The molecule has 0 rings (SSSR count). The molecule has 0 fully saturated rings. The van der Waals surface area contributed by atoms with Gasteiger partial charge in [0.2, 0.25) is 0 Å². The Morgan fingerprint density at radius 1 is 0.303 bits per heavy atom. The van der Waals surface area contributed by atoms with Crippen molar-refractivity contribution < 1.29 is 19.8 Å². The Bertz CT molecular complexity index is 377. The number of hydrogen-bond acceptors (Lipinski definition) is 4. The molecule has 0 radical (unpaired) electrons. The Hall–Kier alpha value is 0.200. The summed E-state index contributed by atoms with van der Waals surface area (Å²) in [6.07, 6.45) is 30.9. The molecule has 0 aliphatic rings. The summed E-state index contributed by atoms with van der Waals surface area (Å²) in [7, 11) is 0. The molecule has 4 nitrogen and oxygen atoms in total. The van der Waals surface area contributed by atoms with Crippen LogP contribution in [-0.4, -0.2) is 49.7 Å². The van der Waals surface area contributed by atoms with E-state index in [1.165, 1.54) is 128 Å². The van der Waals surface area contributed by atoms with Gasteiger partial charge in [0, 0.05) is 11.9 Å². The molecule has 0 saturated carbocycles. The summed E-state index contributed by atoms with van der Waals surface area (Å²) < 4.78 is 0. The SMILES string of the molecule is O=C([O-])CCCCCCCCCCCCCCCCCCCCCCCCCCC(=O)[O-].[Ca+2]. The molecule has 0 heterocycles. The molecule has 0 bridgehead atoms. The van der Waals surface area contributed by atoms with Crippen molar-refractivity contribution >= 4 is 49.7 Å². The quantitative estimate of drug-likeness (QED) is 0.100. The normalized spacial score (nSPS) is 10.8. The van der Waals surface area contributed by atoms with Crippen LogP contribution in [0.15, 0.2) is 0 Å². The summed E-state index contributed by atoms with van der Waals surface area (Å²) in [6.45, 7) is 0. The van der Waals surface area contributed by atoms with E-state index in [-0.39, 0.29) is 50.6 Å². The second-order valence-corrected chi connectivity index (χ2v) is 9.73. The summed E-state index contributed by atoms with van der Waals surface area (Å²) in [4.78, 5) is 20.6. The molecule has 5 heteroatoms. The van der Waals surface area contributed by atoms with E-state index in [0.29, 0.717) is 0 Å². The van der Waals surface area contributed by atoms with Gasteiger partial charge in [-0.15, -0.1) is 0 Å². The Morgan fingerprint density at radius 2 is 0.424 bits per heavy atom. The van der Waals surface area contributed by atoms with Crippen molar-refractivity contribution in [2.24, 2.45) is 0 Å². The van der Waals surface area contributed by atoms with E-state index in [0.717, 1.165) is 25.7 Å². The van der Waals surface area contributed by atoms with Gasteiger partial charge < -0.3 is 19.8 Å². The van der Waals surface area contributed by atoms with Gasteiger partial charge in [-0.3, -0.25) is 0 Å². The van der Waals surface area contributed by atoms with Gasteiger partial charge in [0.05, 0.1) is 0 Å². The molecule has 0 spiro atoms. The Morgan fingerprint density at radius 3 is 0.545 bits per heavy atom. The van der Waals surface area contributed by atoms with E-state index in [2.05, 4.69) is 0 Å². The van der Waals surface area contributed by atoms with Gasteiger partial charge in [0.25, 0.3) is 0 Å². The average Bonchev–Trinajstić information content (AvgIpc) is 2.75. The molecule has 0 aromatic rings. The van der Waals surface area contributed by atoms with E-state index in [9.17, 15) is 19.8 Å². The number of rotatable bonds is 27. The van der Waals surface area contributed by atoms with Crippen molar-refractivity contribution in [2.75, 3.05) is 0 Å². The minimum atomic E-state index is -0.911. The van der Waals surface area contributed by atoms with E-state index in [4.69, 9.17) is 0 Å². The zero-order valence-corrected chi connectivity index (χ0v) is 23.9. The minimum absolute atomic E-state index is 0. The largest absolute Gasteiger partial charge is 2.00 e. The van der Waals surface area contributed by atoms with E-state index >= 15 is 0 Å². The first-order chi connectivity index (χ1) is 15.6. The van der Waals surface area contributed by atoms with Gasteiger partial charge in [-0.2, -0.15) is 0 Å². The first-order valence-corrected chi connectivity index (χ1v) is 14.0. The topological polar surface area (TPSA) is 80.3 Å². The number of hydrogen-bond donors (Lipinski definition) is 0. The summed E-state index contributed by atoms with van der Waals surface area (Å²) in [5, 5.41) is 20.6. The maximum Gasteiger partial charge on any atom is 2.00 e. The van der Waals surface area contributed by atoms with Crippen LogP contribution in [0.3, 0.4) is 0 Å². The second-order valence-electron chi connectivity index (χ2n) is 9.73. The van der Waals surface area contributed by atoms with Crippen molar-refractivity contribution in [2.45, 2.75) is 167 Å². The zero-order chi connectivity index (χ0) is 23.5. The minimum Gasteiger partial charge on any atom is -0.550 e. The van der Waals surface area contributed by atoms with Crippen LogP contribution in [0.25, 0.3) is 0 Å². The number of carbonyl (C=O) groups excluding carboxylic acids is 2. The van der Waals surface area contributed by atoms with Crippen molar-refractivity contribution in [3.8, 4) is 0 Å². The fourth-order valence-corrected chi connectivity index (χ4v) is 4.43. The Labute approximate surface area is 235 Å². The third-order valence-electron chi connectivity index (χ3n) is 6.51. The van der Waals surface area contributed by atoms with E-state index in [1.807, 2.05) is 0 Å². The molecular weight excluding hydrogens is 440 g/mol. The van der Waals surface area contributed by atoms with Gasteiger partial charge in [-0.05, 0) is 25.7 Å².